The third-order valence-corrected chi connectivity index (χ3v) is 5.51. The first-order valence-corrected chi connectivity index (χ1v) is 9.03. The number of pyridine rings is 1. The van der Waals surface area contributed by atoms with Crippen LogP contribution in [0, 0.1) is 31.5 Å². The quantitative estimate of drug-likeness (QED) is 0.709. The minimum atomic E-state index is -0.234. The van der Waals surface area contributed by atoms with Gasteiger partial charge in [0.05, 0.1) is 5.69 Å². The zero-order valence-corrected chi connectivity index (χ0v) is 14.9. The van der Waals surface area contributed by atoms with Crippen molar-refractivity contribution < 1.29 is 4.39 Å². The van der Waals surface area contributed by atoms with Crippen LogP contribution in [0.25, 0.3) is 5.65 Å². The lowest BCUT2D eigenvalue weighted by Gasteiger charge is -2.24. The van der Waals surface area contributed by atoms with E-state index in [2.05, 4.69) is 30.9 Å². The molecule has 0 aromatic carbocycles. The maximum Gasteiger partial charge on any atom is 0.165 e. The van der Waals surface area contributed by atoms with E-state index in [1.165, 1.54) is 6.07 Å². The molecule has 3 aromatic rings. The van der Waals surface area contributed by atoms with E-state index in [1.54, 1.807) is 12.3 Å². The van der Waals surface area contributed by atoms with Gasteiger partial charge in [-0.25, -0.2) is 14.4 Å². The molecule has 2 fully saturated rings. The first-order valence-electron chi connectivity index (χ1n) is 9.03. The van der Waals surface area contributed by atoms with E-state index in [9.17, 15) is 4.39 Å². The Bertz CT molecular complexity index is 969. The number of hydrogen-bond donors (Lipinski definition) is 0. The summed E-state index contributed by atoms with van der Waals surface area (Å²) in [6.07, 6.45) is 1.66. The molecule has 7 heteroatoms. The summed E-state index contributed by atoms with van der Waals surface area (Å²) < 4.78 is 16.0. The van der Waals surface area contributed by atoms with Gasteiger partial charge in [0, 0.05) is 62.0 Å². The van der Waals surface area contributed by atoms with Gasteiger partial charge < -0.3 is 9.80 Å². The smallest absolute Gasteiger partial charge is 0.165 e. The van der Waals surface area contributed by atoms with E-state index in [-0.39, 0.29) is 5.82 Å². The molecular weight excluding hydrogens is 331 g/mol. The van der Waals surface area contributed by atoms with E-state index in [0.29, 0.717) is 17.7 Å². The number of halogens is 1. The molecule has 0 radical (unpaired) electrons. The average Bonchev–Trinajstić information content (AvgIpc) is 3.26. The van der Waals surface area contributed by atoms with Crippen LogP contribution >= 0.6 is 0 Å². The molecule has 5 rings (SSSR count). The second kappa shape index (κ2) is 5.65. The molecule has 2 unspecified atom stereocenters. The molecule has 2 aliphatic rings. The van der Waals surface area contributed by atoms with Crippen molar-refractivity contribution in [2.24, 2.45) is 11.8 Å². The summed E-state index contributed by atoms with van der Waals surface area (Å²) in [6, 6.07) is 7.25. The molecule has 0 spiro atoms. The van der Waals surface area contributed by atoms with E-state index in [1.807, 2.05) is 24.4 Å². The second-order valence-corrected chi connectivity index (χ2v) is 7.45. The minimum Gasteiger partial charge on any atom is -0.356 e. The molecule has 3 aromatic heterocycles. The van der Waals surface area contributed by atoms with E-state index in [0.717, 1.165) is 49.0 Å². The normalized spacial score (nSPS) is 22.4. The molecule has 0 aliphatic carbocycles. The minimum absolute atomic E-state index is 0.234. The molecule has 0 amide bonds. The van der Waals surface area contributed by atoms with Crippen LogP contribution in [0.1, 0.15) is 11.4 Å². The summed E-state index contributed by atoms with van der Waals surface area (Å²) in [7, 11) is 0. The Morgan fingerprint density at radius 3 is 2.46 bits per heavy atom. The fourth-order valence-electron chi connectivity index (χ4n) is 4.38. The summed E-state index contributed by atoms with van der Waals surface area (Å²) in [4.78, 5) is 13.3. The number of rotatable bonds is 2. The Hall–Kier alpha value is -2.70. The van der Waals surface area contributed by atoms with Gasteiger partial charge in [0.2, 0.25) is 0 Å². The molecule has 0 bridgehead atoms. The number of anilines is 2. The third kappa shape index (κ3) is 2.41. The van der Waals surface area contributed by atoms with E-state index >= 15 is 0 Å². The number of fused-ring (bicyclic) bond motifs is 2. The third-order valence-electron chi connectivity index (χ3n) is 5.51. The number of hydrogen-bond acceptors (Lipinski definition) is 5. The largest absolute Gasteiger partial charge is 0.356 e. The fourth-order valence-corrected chi connectivity index (χ4v) is 4.38. The van der Waals surface area contributed by atoms with Crippen molar-refractivity contribution in [1.29, 1.82) is 0 Å². The van der Waals surface area contributed by atoms with Gasteiger partial charge >= 0.3 is 0 Å². The topological polar surface area (TPSA) is 49.6 Å². The first-order chi connectivity index (χ1) is 12.6. The Morgan fingerprint density at radius 2 is 1.73 bits per heavy atom. The van der Waals surface area contributed by atoms with Crippen LogP contribution in [0.4, 0.5) is 16.0 Å². The predicted octanol–water partition coefficient (Wildman–Crippen LogP) is 2.45. The predicted molar refractivity (Wildman–Crippen MR) is 98.1 cm³/mol. The average molecular weight is 352 g/mol. The van der Waals surface area contributed by atoms with Crippen LogP contribution < -0.4 is 9.80 Å². The van der Waals surface area contributed by atoms with Gasteiger partial charge in [-0.1, -0.05) is 0 Å². The lowest BCUT2D eigenvalue weighted by molar-refractivity contribution is 0.533. The Labute approximate surface area is 151 Å². The van der Waals surface area contributed by atoms with Crippen molar-refractivity contribution in [3.05, 3.63) is 47.7 Å². The molecule has 2 saturated heterocycles. The SMILES string of the molecule is Cc1cc(N2CC3CN(c4ncccc4F)CC3C2)n2nc(C)cc2n1. The molecule has 2 aliphatic heterocycles. The second-order valence-electron chi connectivity index (χ2n) is 7.45. The standard InChI is InChI=1S/C19H21FN6/c1-12-7-18(26-17(22-12)6-13(2)23-26)24-8-14-10-25(11-15(14)9-24)19-16(20)4-3-5-21-19/h3-7,14-15H,8-11H2,1-2H3. The van der Waals surface area contributed by atoms with Gasteiger partial charge in [0.1, 0.15) is 5.82 Å². The number of nitrogens with zero attached hydrogens (tertiary/aromatic N) is 6. The maximum atomic E-state index is 14.0. The Balaban J connectivity index is 1.40. The van der Waals surface area contributed by atoms with Crippen molar-refractivity contribution in [3.8, 4) is 0 Å². The van der Waals surface area contributed by atoms with Crippen molar-refractivity contribution in [2.75, 3.05) is 36.0 Å². The number of aromatic nitrogens is 4. The summed E-state index contributed by atoms with van der Waals surface area (Å²) in [5.74, 6) is 2.37. The Kier molecular flexibility index (Phi) is 3.38. The summed E-state index contributed by atoms with van der Waals surface area (Å²) in [5, 5.41) is 4.61. The molecule has 0 N–H and O–H groups in total. The summed E-state index contributed by atoms with van der Waals surface area (Å²) in [6.45, 7) is 7.61. The van der Waals surface area contributed by atoms with Crippen molar-refractivity contribution >= 4 is 17.3 Å². The van der Waals surface area contributed by atoms with Crippen LogP contribution in [-0.2, 0) is 0 Å². The molecule has 0 saturated carbocycles. The zero-order valence-electron chi connectivity index (χ0n) is 14.9. The van der Waals surface area contributed by atoms with Crippen LogP contribution in [0.3, 0.4) is 0 Å². The molecule has 5 heterocycles. The van der Waals surface area contributed by atoms with Gasteiger partial charge in [-0.2, -0.15) is 9.61 Å². The highest BCUT2D eigenvalue weighted by atomic mass is 19.1. The highest BCUT2D eigenvalue weighted by Crippen LogP contribution is 2.36. The number of aryl methyl sites for hydroxylation is 2. The van der Waals surface area contributed by atoms with Crippen LogP contribution in [0.5, 0.6) is 0 Å². The van der Waals surface area contributed by atoms with Crippen LogP contribution in [0.2, 0.25) is 0 Å². The Morgan fingerprint density at radius 1 is 1.00 bits per heavy atom. The maximum absolute atomic E-state index is 14.0. The summed E-state index contributed by atoms with van der Waals surface area (Å²) in [5.41, 5.74) is 2.87. The lowest BCUT2D eigenvalue weighted by atomic mass is 10.0. The molecular formula is C19H21FN6. The van der Waals surface area contributed by atoms with Gasteiger partial charge in [-0.15, -0.1) is 0 Å². The molecule has 134 valence electrons. The van der Waals surface area contributed by atoms with Crippen LogP contribution in [0.15, 0.2) is 30.5 Å². The van der Waals surface area contributed by atoms with Crippen molar-refractivity contribution in [2.45, 2.75) is 13.8 Å². The zero-order chi connectivity index (χ0) is 17.8. The first kappa shape index (κ1) is 15.5. The van der Waals surface area contributed by atoms with Gasteiger partial charge in [0.25, 0.3) is 0 Å². The van der Waals surface area contributed by atoms with Gasteiger partial charge in [-0.05, 0) is 26.0 Å². The molecule has 2 atom stereocenters. The lowest BCUT2D eigenvalue weighted by Crippen LogP contribution is -2.30. The van der Waals surface area contributed by atoms with Crippen molar-refractivity contribution in [3.63, 3.8) is 0 Å². The van der Waals surface area contributed by atoms with Crippen molar-refractivity contribution in [1.82, 2.24) is 19.6 Å². The molecule has 26 heavy (non-hydrogen) atoms. The van der Waals surface area contributed by atoms with E-state index < -0.39 is 0 Å². The van der Waals surface area contributed by atoms with E-state index in [4.69, 9.17) is 0 Å². The highest BCUT2D eigenvalue weighted by molar-refractivity contribution is 5.53. The summed E-state index contributed by atoms with van der Waals surface area (Å²) >= 11 is 0. The fraction of sp³-hybridized carbons (Fsp3) is 0.421. The van der Waals surface area contributed by atoms with Crippen LogP contribution in [-0.4, -0.2) is 45.8 Å². The molecule has 6 nitrogen and oxygen atoms in total. The monoisotopic (exact) mass is 352 g/mol. The highest BCUT2D eigenvalue weighted by Gasteiger charge is 2.41. The van der Waals surface area contributed by atoms with Gasteiger partial charge in [0.15, 0.2) is 17.3 Å². The van der Waals surface area contributed by atoms with Gasteiger partial charge in [-0.3, -0.25) is 0 Å².